The van der Waals surface area contributed by atoms with Crippen LogP contribution in [0.5, 0.6) is 0 Å². The van der Waals surface area contributed by atoms with E-state index in [0.29, 0.717) is 0 Å². The Labute approximate surface area is 62.9 Å². The molecule has 0 rings (SSSR count). The van der Waals surface area contributed by atoms with Crippen LogP contribution in [0.3, 0.4) is 0 Å². The first-order valence-electron chi connectivity index (χ1n) is 3.17. The number of aliphatic hydroxyl groups excluding tert-OH is 1. The molecule has 0 aromatic carbocycles. The molecule has 2 nitrogen and oxygen atoms in total. The zero-order valence-electron chi connectivity index (χ0n) is 5.84. The first-order chi connectivity index (χ1) is 3.81. The molecule has 0 saturated heterocycles. The summed E-state index contributed by atoms with van der Waals surface area (Å²) < 4.78 is 0. The molecule has 0 fully saturated rings. The van der Waals surface area contributed by atoms with Gasteiger partial charge in [0.25, 0.3) is 0 Å². The van der Waals surface area contributed by atoms with Crippen molar-refractivity contribution >= 4 is 12.4 Å². The van der Waals surface area contributed by atoms with Crippen LogP contribution < -0.4 is 5.73 Å². The summed E-state index contributed by atoms with van der Waals surface area (Å²) in [6.45, 7) is 2.24. The second-order valence-electron chi connectivity index (χ2n) is 2.08. The SMILES string of the molecule is CCCC[C@@H](N)CO.Cl. The molecular weight excluding hydrogens is 138 g/mol. The minimum atomic E-state index is 0. The molecule has 0 unspecified atom stereocenters. The molecule has 0 radical (unpaired) electrons. The third-order valence-corrected chi connectivity index (χ3v) is 1.16. The van der Waals surface area contributed by atoms with E-state index in [1.54, 1.807) is 0 Å². The zero-order chi connectivity index (χ0) is 6.41. The van der Waals surface area contributed by atoms with Crippen molar-refractivity contribution in [3.8, 4) is 0 Å². The highest BCUT2D eigenvalue weighted by molar-refractivity contribution is 5.85. The Bertz CT molecular complexity index is 52.3. The molecule has 0 aliphatic heterocycles. The highest BCUT2D eigenvalue weighted by Gasteiger charge is 1.96. The molecule has 0 aliphatic carbocycles. The highest BCUT2D eigenvalue weighted by Crippen LogP contribution is 1.95. The number of aliphatic hydroxyl groups is 1. The molecule has 9 heavy (non-hydrogen) atoms. The number of nitrogens with two attached hydrogens (primary N) is 1. The van der Waals surface area contributed by atoms with E-state index in [1.165, 1.54) is 0 Å². The summed E-state index contributed by atoms with van der Waals surface area (Å²) in [5, 5.41) is 8.44. The van der Waals surface area contributed by atoms with Gasteiger partial charge in [0.05, 0.1) is 6.61 Å². The van der Waals surface area contributed by atoms with Crippen molar-refractivity contribution in [2.24, 2.45) is 5.73 Å². The van der Waals surface area contributed by atoms with Crippen LogP contribution in [-0.4, -0.2) is 17.8 Å². The van der Waals surface area contributed by atoms with Crippen molar-refractivity contribution < 1.29 is 5.11 Å². The van der Waals surface area contributed by atoms with Crippen molar-refractivity contribution in [1.82, 2.24) is 0 Å². The summed E-state index contributed by atoms with van der Waals surface area (Å²) in [4.78, 5) is 0. The van der Waals surface area contributed by atoms with Gasteiger partial charge in [-0.15, -0.1) is 12.4 Å². The van der Waals surface area contributed by atoms with Gasteiger partial charge in [0, 0.05) is 6.04 Å². The summed E-state index contributed by atoms with van der Waals surface area (Å²) in [7, 11) is 0. The Morgan fingerprint density at radius 2 is 2.11 bits per heavy atom. The van der Waals surface area contributed by atoms with Gasteiger partial charge in [-0.2, -0.15) is 0 Å². The number of hydrogen-bond donors (Lipinski definition) is 2. The van der Waals surface area contributed by atoms with E-state index in [9.17, 15) is 0 Å². The van der Waals surface area contributed by atoms with E-state index in [0.717, 1.165) is 19.3 Å². The number of halogens is 1. The van der Waals surface area contributed by atoms with Crippen molar-refractivity contribution in [2.75, 3.05) is 6.61 Å². The second-order valence-corrected chi connectivity index (χ2v) is 2.08. The summed E-state index contributed by atoms with van der Waals surface area (Å²) >= 11 is 0. The standard InChI is InChI=1S/C6H15NO.ClH/c1-2-3-4-6(7)5-8;/h6,8H,2-5,7H2,1H3;1H/t6-;/m1./s1. The number of unbranched alkanes of at least 4 members (excludes halogenated alkanes) is 1. The zero-order valence-corrected chi connectivity index (χ0v) is 6.66. The van der Waals surface area contributed by atoms with E-state index in [1.807, 2.05) is 0 Å². The third-order valence-electron chi connectivity index (χ3n) is 1.16. The van der Waals surface area contributed by atoms with Gasteiger partial charge < -0.3 is 10.8 Å². The van der Waals surface area contributed by atoms with Crippen molar-refractivity contribution in [1.29, 1.82) is 0 Å². The van der Waals surface area contributed by atoms with E-state index in [-0.39, 0.29) is 25.1 Å². The topological polar surface area (TPSA) is 46.2 Å². The molecule has 58 valence electrons. The molecule has 0 aromatic heterocycles. The average molecular weight is 154 g/mol. The third kappa shape index (κ3) is 8.21. The maximum Gasteiger partial charge on any atom is 0.0582 e. The fraction of sp³-hybridized carbons (Fsp3) is 1.00. The lowest BCUT2D eigenvalue weighted by Gasteiger charge is -2.04. The van der Waals surface area contributed by atoms with Crippen LogP contribution in [0.4, 0.5) is 0 Å². The van der Waals surface area contributed by atoms with Gasteiger partial charge in [-0.05, 0) is 6.42 Å². The van der Waals surface area contributed by atoms with Crippen LogP contribution in [0.1, 0.15) is 26.2 Å². The molecule has 0 heterocycles. The predicted molar refractivity (Wildman–Crippen MR) is 41.8 cm³/mol. The molecule has 0 bridgehead atoms. The van der Waals surface area contributed by atoms with Crippen molar-refractivity contribution in [3.63, 3.8) is 0 Å². The Hall–Kier alpha value is 0.210. The largest absolute Gasteiger partial charge is 0.395 e. The molecule has 1 atom stereocenters. The maximum absolute atomic E-state index is 8.44. The van der Waals surface area contributed by atoms with E-state index in [4.69, 9.17) is 10.8 Å². The monoisotopic (exact) mass is 153 g/mol. The lowest BCUT2D eigenvalue weighted by molar-refractivity contribution is 0.258. The van der Waals surface area contributed by atoms with Crippen molar-refractivity contribution in [2.45, 2.75) is 32.2 Å². The normalized spacial score (nSPS) is 12.3. The van der Waals surface area contributed by atoms with Crippen LogP contribution >= 0.6 is 12.4 Å². The first kappa shape index (κ1) is 11.9. The Morgan fingerprint density at radius 1 is 1.56 bits per heavy atom. The van der Waals surface area contributed by atoms with E-state index in [2.05, 4.69) is 6.92 Å². The molecule has 0 aliphatic rings. The van der Waals surface area contributed by atoms with Crippen LogP contribution in [0.15, 0.2) is 0 Å². The molecule has 0 saturated carbocycles. The molecule has 0 aromatic rings. The molecule has 0 amide bonds. The second kappa shape index (κ2) is 8.21. The number of hydrogen-bond acceptors (Lipinski definition) is 2. The van der Waals surface area contributed by atoms with E-state index < -0.39 is 0 Å². The summed E-state index contributed by atoms with van der Waals surface area (Å²) in [6.07, 6.45) is 3.24. The average Bonchev–Trinajstić information content (AvgIpc) is 1.83. The molecule has 3 N–H and O–H groups in total. The fourth-order valence-corrected chi connectivity index (χ4v) is 0.558. The highest BCUT2D eigenvalue weighted by atomic mass is 35.5. The van der Waals surface area contributed by atoms with Gasteiger partial charge >= 0.3 is 0 Å². The summed E-state index contributed by atoms with van der Waals surface area (Å²) in [5.41, 5.74) is 5.41. The Balaban J connectivity index is 0. The van der Waals surface area contributed by atoms with Gasteiger partial charge in [0.15, 0.2) is 0 Å². The predicted octanol–water partition coefficient (Wildman–Crippen LogP) is 0.918. The first-order valence-corrected chi connectivity index (χ1v) is 3.17. The van der Waals surface area contributed by atoms with Crippen LogP contribution in [0.2, 0.25) is 0 Å². The van der Waals surface area contributed by atoms with Crippen LogP contribution in [0, 0.1) is 0 Å². The minimum Gasteiger partial charge on any atom is -0.395 e. The minimum absolute atomic E-state index is 0. The quantitative estimate of drug-likeness (QED) is 0.631. The lowest BCUT2D eigenvalue weighted by Crippen LogP contribution is -2.23. The Morgan fingerprint density at radius 3 is 2.44 bits per heavy atom. The summed E-state index contributed by atoms with van der Waals surface area (Å²) in [5.74, 6) is 0. The van der Waals surface area contributed by atoms with Gasteiger partial charge in [-0.25, -0.2) is 0 Å². The molecule has 3 heteroatoms. The summed E-state index contributed by atoms with van der Waals surface area (Å²) in [6, 6.07) is 0.00921. The smallest absolute Gasteiger partial charge is 0.0582 e. The van der Waals surface area contributed by atoms with Gasteiger partial charge in [-0.3, -0.25) is 0 Å². The molecule has 0 spiro atoms. The van der Waals surface area contributed by atoms with Crippen LogP contribution in [0.25, 0.3) is 0 Å². The fourth-order valence-electron chi connectivity index (χ4n) is 0.558. The van der Waals surface area contributed by atoms with Crippen molar-refractivity contribution in [3.05, 3.63) is 0 Å². The number of rotatable bonds is 4. The van der Waals surface area contributed by atoms with Gasteiger partial charge in [0.1, 0.15) is 0 Å². The Kier molecular flexibility index (Phi) is 10.9. The van der Waals surface area contributed by atoms with E-state index >= 15 is 0 Å². The molecular formula is C6H16ClNO. The lowest BCUT2D eigenvalue weighted by atomic mass is 10.1. The maximum atomic E-state index is 8.44. The van der Waals surface area contributed by atoms with Crippen LogP contribution in [-0.2, 0) is 0 Å². The van der Waals surface area contributed by atoms with Gasteiger partial charge in [0.2, 0.25) is 0 Å². The van der Waals surface area contributed by atoms with Gasteiger partial charge in [-0.1, -0.05) is 19.8 Å².